The van der Waals surface area contributed by atoms with Crippen LogP contribution in [-0.4, -0.2) is 39.3 Å². The molecule has 1 aliphatic rings. The van der Waals surface area contributed by atoms with E-state index in [0.29, 0.717) is 12.8 Å². The molecule has 5 heteroatoms. The number of carboxylic acid groups (broad SMARTS) is 2. The first-order valence-electron chi connectivity index (χ1n) is 3.78. The summed E-state index contributed by atoms with van der Waals surface area (Å²) in [7, 11) is 0. The van der Waals surface area contributed by atoms with Gasteiger partial charge in [0, 0.05) is 6.04 Å². The van der Waals surface area contributed by atoms with Crippen LogP contribution in [0.1, 0.15) is 19.8 Å². The van der Waals surface area contributed by atoms with Gasteiger partial charge < -0.3 is 10.2 Å². The third-order valence-electron chi connectivity index (χ3n) is 2.17. The molecule has 0 saturated carbocycles. The molecule has 1 unspecified atom stereocenters. The van der Waals surface area contributed by atoms with Gasteiger partial charge in [-0.15, -0.1) is 0 Å². The van der Waals surface area contributed by atoms with Gasteiger partial charge in [0.25, 0.3) is 0 Å². The largest absolute Gasteiger partial charge is 0.480 e. The number of nitrogens with zero attached hydrogens (tertiary/aromatic N) is 1. The number of hydrogen-bond donors (Lipinski definition) is 2. The lowest BCUT2D eigenvalue weighted by atomic mass is 10.2. The highest BCUT2D eigenvalue weighted by Gasteiger charge is 2.38. The van der Waals surface area contributed by atoms with Gasteiger partial charge in [-0.3, -0.25) is 4.90 Å². The Morgan fingerprint density at radius 2 is 1.92 bits per heavy atom. The predicted molar refractivity (Wildman–Crippen MR) is 40.0 cm³/mol. The second kappa shape index (κ2) is 3.00. The zero-order chi connectivity index (χ0) is 9.30. The Morgan fingerprint density at radius 3 is 2.25 bits per heavy atom. The summed E-state index contributed by atoms with van der Waals surface area (Å²) >= 11 is 0. The van der Waals surface area contributed by atoms with E-state index in [2.05, 4.69) is 0 Å². The minimum Gasteiger partial charge on any atom is -0.480 e. The maximum atomic E-state index is 10.6. The third kappa shape index (κ3) is 1.34. The van der Waals surface area contributed by atoms with Gasteiger partial charge in [-0.1, -0.05) is 0 Å². The molecule has 0 aromatic carbocycles. The standard InChI is InChI=1S/C7H11NO4/c1-4-2-3-5(6(9)10)8(4)7(11)12/h4-5H,2-3H2,1H3,(H,9,10)(H,11,12)/t4-,5?/m1/s1. The number of rotatable bonds is 1. The van der Waals surface area contributed by atoms with E-state index in [4.69, 9.17) is 10.2 Å². The summed E-state index contributed by atoms with van der Waals surface area (Å²) in [6, 6.07) is -1.03. The SMILES string of the molecule is C[C@@H]1CCC(C(=O)O)N1C(=O)O. The van der Waals surface area contributed by atoms with E-state index in [1.54, 1.807) is 6.92 Å². The third-order valence-corrected chi connectivity index (χ3v) is 2.17. The number of likely N-dealkylation sites (tertiary alicyclic amines) is 1. The van der Waals surface area contributed by atoms with Crippen molar-refractivity contribution in [2.24, 2.45) is 0 Å². The maximum Gasteiger partial charge on any atom is 0.408 e. The van der Waals surface area contributed by atoms with Crippen molar-refractivity contribution >= 4 is 12.1 Å². The van der Waals surface area contributed by atoms with E-state index in [-0.39, 0.29) is 6.04 Å². The number of carboxylic acids is 1. The molecule has 0 radical (unpaired) electrons. The summed E-state index contributed by atoms with van der Waals surface area (Å²) in [4.78, 5) is 22.1. The fourth-order valence-electron chi connectivity index (χ4n) is 1.55. The Balaban J connectivity index is 2.77. The number of hydrogen-bond acceptors (Lipinski definition) is 2. The summed E-state index contributed by atoms with van der Waals surface area (Å²) in [6.45, 7) is 1.72. The Labute approximate surface area is 69.6 Å². The van der Waals surface area contributed by atoms with Crippen LogP contribution in [0.2, 0.25) is 0 Å². The molecule has 1 fully saturated rings. The molecular formula is C7H11NO4. The summed E-state index contributed by atoms with van der Waals surface area (Å²) in [6.07, 6.45) is -0.0982. The van der Waals surface area contributed by atoms with Gasteiger partial charge in [-0.05, 0) is 19.8 Å². The highest BCUT2D eigenvalue weighted by Crippen LogP contribution is 2.23. The molecule has 0 spiro atoms. The molecule has 0 bridgehead atoms. The fraction of sp³-hybridized carbons (Fsp3) is 0.714. The van der Waals surface area contributed by atoms with E-state index in [1.807, 2.05) is 0 Å². The van der Waals surface area contributed by atoms with Crippen LogP contribution in [0.4, 0.5) is 4.79 Å². The first-order chi connectivity index (χ1) is 5.54. The second-order valence-electron chi connectivity index (χ2n) is 2.97. The molecule has 5 nitrogen and oxygen atoms in total. The van der Waals surface area contributed by atoms with Crippen molar-refractivity contribution in [3.8, 4) is 0 Å². The van der Waals surface area contributed by atoms with Crippen LogP contribution < -0.4 is 0 Å². The summed E-state index contributed by atoms with van der Waals surface area (Å²) in [5, 5.41) is 17.3. The quantitative estimate of drug-likeness (QED) is 0.608. The molecule has 68 valence electrons. The molecule has 1 aliphatic heterocycles. The first kappa shape index (κ1) is 8.83. The molecule has 0 aliphatic carbocycles. The van der Waals surface area contributed by atoms with E-state index in [1.165, 1.54) is 0 Å². The zero-order valence-corrected chi connectivity index (χ0v) is 6.73. The lowest BCUT2D eigenvalue weighted by Crippen LogP contribution is -2.43. The van der Waals surface area contributed by atoms with Gasteiger partial charge in [0.2, 0.25) is 0 Å². The van der Waals surface area contributed by atoms with E-state index in [9.17, 15) is 9.59 Å². The van der Waals surface area contributed by atoms with Crippen LogP contribution in [0.5, 0.6) is 0 Å². The molecule has 0 aromatic heterocycles. The topological polar surface area (TPSA) is 77.8 Å². The van der Waals surface area contributed by atoms with Gasteiger partial charge >= 0.3 is 12.1 Å². The molecular weight excluding hydrogens is 162 g/mol. The van der Waals surface area contributed by atoms with Gasteiger partial charge in [0.1, 0.15) is 6.04 Å². The Bertz CT molecular complexity index is 215. The average molecular weight is 173 g/mol. The molecule has 12 heavy (non-hydrogen) atoms. The number of amides is 1. The Morgan fingerprint density at radius 1 is 1.33 bits per heavy atom. The van der Waals surface area contributed by atoms with Crippen molar-refractivity contribution in [2.75, 3.05) is 0 Å². The van der Waals surface area contributed by atoms with E-state index in [0.717, 1.165) is 4.90 Å². The predicted octanol–water partition coefficient (Wildman–Crippen LogP) is 0.602. The highest BCUT2D eigenvalue weighted by molar-refractivity contribution is 5.80. The lowest BCUT2D eigenvalue weighted by Gasteiger charge is -2.21. The molecule has 1 rings (SSSR count). The van der Waals surface area contributed by atoms with Gasteiger partial charge in [-0.2, -0.15) is 0 Å². The average Bonchev–Trinajstić information content (AvgIpc) is 2.30. The van der Waals surface area contributed by atoms with Crippen molar-refractivity contribution in [2.45, 2.75) is 31.8 Å². The minimum absolute atomic E-state index is 0.177. The fourth-order valence-corrected chi connectivity index (χ4v) is 1.55. The minimum atomic E-state index is -1.15. The molecule has 1 amide bonds. The summed E-state index contributed by atoms with van der Waals surface area (Å²) in [5.74, 6) is -1.05. The summed E-state index contributed by atoms with van der Waals surface area (Å²) in [5.41, 5.74) is 0. The van der Waals surface area contributed by atoms with Crippen LogP contribution in [0.15, 0.2) is 0 Å². The van der Waals surface area contributed by atoms with E-state index >= 15 is 0 Å². The van der Waals surface area contributed by atoms with Gasteiger partial charge in [0.05, 0.1) is 0 Å². The maximum absolute atomic E-state index is 10.6. The van der Waals surface area contributed by atoms with Gasteiger partial charge in [-0.25, -0.2) is 9.59 Å². The van der Waals surface area contributed by atoms with Crippen molar-refractivity contribution in [1.29, 1.82) is 0 Å². The monoisotopic (exact) mass is 173 g/mol. The molecule has 0 aromatic rings. The smallest absolute Gasteiger partial charge is 0.408 e. The second-order valence-corrected chi connectivity index (χ2v) is 2.97. The van der Waals surface area contributed by atoms with Crippen molar-refractivity contribution in [1.82, 2.24) is 4.90 Å². The molecule has 2 N–H and O–H groups in total. The first-order valence-corrected chi connectivity index (χ1v) is 3.78. The van der Waals surface area contributed by atoms with Crippen molar-refractivity contribution in [3.05, 3.63) is 0 Å². The Kier molecular flexibility index (Phi) is 2.21. The molecule has 1 heterocycles. The Hall–Kier alpha value is -1.26. The van der Waals surface area contributed by atoms with Crippen LogP contribution in [-0.2, 0) is 4.79 Å². The highest BCUT2D eigenvalue weighted by atomic mass is 16.4. The molecule has 2 atom stereocenters. The van der Waals surface area contributed by atoms with Crippen LogP contribution in [0.25, 0.3) is 0 Å². The normalized spacial score (nSPS) is 28.9. The number of carbonyl (C=O) groups is 2. The lowest BCUT2D eigenvalue weighted by molar-refractivity contribution is -0.141. The van der Waals surface area contributed by atoms with Crippen LogP contribution >= 0.6 is 0 Å². The number of aliphatic carboxylic acids is 1. The zero-order valence-electron chi connectivity index (χ0n) is 6.73. The van der Waals surface area contributed by atoms with E-state index < -0.39 is 18.1 Å². The van der Waals surface area contributed by atoms with Crippen molar-refractivity contribution < 1.29 is 19.8 Å². The van der Waals surface area contributed by atoms with Crippen molar-refractivity contribution in [3.63, 3.8) is 0 Å². The summed E-state index contributed by atoms with van der Waals surface area (Å²) < 4.78 is 0. The van der Waals surface area contributed by atoms with Gasteiger partial charge in [0.15, 0.2) is 0 Å². The van der Waals surface area contributed by atoms with Crippen LogP contribution in [0, 0.1) is 0 Å². The molecule has 1 saturated heterocycles. The van der Waals surface area contributed by atoms with Crippen LogP contribution in [0.3, 0.4) is 0 Å².